The summed E-state index contributed by atoms with van der Waals surface area (Å²) in [4.78, 5) is 13.7. The Labute approximate surface area is 345 Å². The smallest absolute Gasteiger partial charge is 0.312 e. The van der Waals surface area contributed by atoms with Gasteiger partial charge in [0.05, 0.1) is 38.1 Å². The number of allylic oxidation sites excluding steroid dienone is 2. The molecular weight excluding hydrogens is 741 g/mol. The summed E-state index contributed by atoms with van der Waals surface area (Å²) in [6, 6.07) is 9.91. The van der Waals surface area contributed by atoms with E-state index in [1.807, 2.05) is 37.3 Å². The number of carbonyl (C=O) groups is 1. The van der Waals surface area contributed by atoms with Crippen LogP contribution in [0.4, 0.5) is 0 Å². The molecule has 7 N–H and O–H groups in total. The largest absolute Gasteiger partial charge is 0.481 e. The van der Waals surface area contributed by atoms with Crippen molar-refractivity contribution < 1.29 is 54.8 Å². The summed E-state index contributed by atoms with van der Waals surface area (Å²) in [5.74, 6) is -1.24. The summed E-state index contributed by atoms with van der Waals surface area (Å²) in [5, 5.41) is 77.3. The molecule has 1 heterocycles. The Morgan fingerprint density at radius 3 is 2.28 bits per heavy atom. The van der Waals surface area contributed by atoms with Crippen molar-refractivity contribution in [3.05, 3.63) is 47.5 Å². The number of aliphatic hydroxyl groups is 6. The lowest BCUT2D eigenvalue weighted by atomic mass is 9.31. The minimum Gasteiger partial charge on any atom is -0.481 e. The van der Waals surface area contributed by atoms with E-state index in [0.717, 1.165) is 49.7 Å². The maximum atomic E-state index is 13.7. The van der Waals surface area contributed by atoms with Gasteiger partial charge in [0.2, 0.25) is 0 Å². The van der Waals surface area contributed by atoms with E-state index in [-0.39, 0.29) is 54.8 Å². The first-order chi connectivity index (χ1) is 27.4. The highest BCUT2D eigenvalue weighted by atomic mass is 16.7. The zero-order chi connectivity index (χ0) is 42.1. The first-order valence-corrected chi connectivity index (χ1v) is 22.2. The summed E-state index contributed by atoms with van der Waals surface area (Å²) >= 11 is 0. The fourth-order valence-electron chi connectivity index (χ4n) is 14.5. The van der Waals surface area contributed by atoms with E-state index in [2.05, 4.69) is 40.7 Å². The second kappa shape index (κ2) is 16.1. The van der Waals surface area contributed by atoms with Gasteiger partial charge in [-0.15, -0.1) is 0 Å². The van der Waals surface area contributed by atoms with Gasteiger partial charge in [0.15, 0.2) is 6.29 Å². The van der Waals surface area contributed by atoms with Crippen molar-refractivity contribution in [1.82, 2.24) is 0 Å². The number of benzene rings is 1. The predicted octanol–water partition coefficient (Wildman–Crippen LogP) is 5.61. The van der Waals surface area contributed by atoms with Crippen molar-refractivity contribution in [3.8, 4) is 0 Å². The van der Waals surface area contributed by atoms with Gasteiger partial charge < -0.3 is 50.0 Å². The van der Waals surface area contributed by atoms with Crippen LogP contribution in [-0.4, -0.2) is 104 Å². The maximum Gasteiger partial charge on any atom is 0.312 e. The van der Waals surface area contributed by atoms with Crippen LogP contribution in [0.5, 0.6) is 0 Å². The van der Waals surface area contributed by atoms with Gasteiger partial charge in [0, 0.05) is 12.0 Å². The van der Waals surface area contributed by atoms with Crippen LogP contribution in [0.25, 0.3) is 0 Å². The molecule has 7 rings (SSSR count). The van der Waals surface area contributed by atoms with Crippen molar-refractivity contribution in [2.75, 3.05) is 19.8 Å². The third kappa shape index (κ3) is 6.67. The Morgan fingerprint density at radius 1 is 0.897 bits per heavy atom. The summed E-state index contributed by atoms with van der Waals surface area (Å²) < 4.78 is 19.4. The lowest BCUT2D eigenvalue weighted by Crippen LogP contribution is -2.71. The lowest BCUT2D eigenvalue weighted by Gasteiger charge is -2.73. The van der Waals surface area contributed by atoms with Gasteiger partial charge in [-0.25, -0.2) is 0 Å². The second-order valence-electron chi connectivity index (χ2n) is 20.9. The van der Waals surface area contributed by atoms with Gasteiger partial charge in [0.1, 0.15) is 23.7 Å². The first kappa shape index (κ1) is 44.1. The highest BCUT2D eigenvalue weighted by molar-refractivity contribution is 5.78. The molecule has 1 aromatic rings. The van der Waals surface area contributed by atoms with E-state index < -0.39 is 76.5 Å². The lowest BCUT2D eigenvalue weighted by molar-refractivity contribution is -0.333. The van der Waals surface area contributed by atoms with Crippen molar-refractivity contribution in [2.24, 2.45) is 56.2 Å². The van der Waals surface area contributed by atoms with Crippen LogP contribution in [0.3, 0.4) is 0 Å². The topological polar surface area (TPSA) is 186 Å². The number of rotatable bonds is 12. The molecule has 0 radical (unpaired) electrons. The average molecular weight is 813 g/mol. The number of aliphatic hydroxyl groups excluding tert-OH is 6. The van der Waals surface area contributed by atoms with Gasteiger partial charge in [-0.2, -0.15) is 0 Å². The van der Waals surface area contributed by atoms with Gasteiger partial charge in [-0.05, 0) is 102 Å². The zero-order valence-electron chi connectivity index (χ0n) is 35.7. The molecule has 17 atom stereocenters. The van der Waals surface area contributed by atoms with Gasteiger partial charge in [-0.3, -0.25) is 4.79 Å². The van der Waals surface area contributed by atoms with E-state index in [1.165, 1.54) is 0 Å². The Kier molecular flexibility index (Phi) is 12.2. The predicted molar refractivity (Wildman–Crippen MR) is 217 cm³/mol. The third-order valence-corrected chi connectivity index (χ3v) is 17.8. The molecule has 5 aliphatic carbocycles. The molecule has 6 aliphatic rings. The standard InChI is InChI=1S/C47H72O11/c1-7-8-10-15-29-20-47(41(54)55)31(21-42(2,26-48)23-36(47)51)30-16-17-35-43(3)22-33(56-24-28-13-11-9-12-14-28)39(58-40-38(53)37(52)32(50)25-57-40)44(4,27-49)34(43)18-19-45(35,5)46(29,30)6/h9,11-14,16,29,31-40,48-53H,7-8,10,15,17-27H2,1-6H3,(H,54,55)/t29-,31+,32-,33-,34-,35+,36+,37+,38-,39-,40-,42-,43+,44+,45-,46-,47-/m1/s1. The molecule has 0 amide bonds. The van der Waals surface area contributed by atoms with Gasteiger partial charge in [0.25, 0.3) is 0 Å². The van der Waals surface area contributed by atoms with E-state index in [0.29, 0.717) is 32.3 Å². The van der Waals surface area contributed by atoms with Crippen molar-refractivity contribution in [2.45, 2.75) is 162 Å². The summed E-state index contributed by atoms with van der Waals surface area (Å²) in [7, 11) is 0. The van der Waals surface area contributed by atoms with Crippen LogP contribution in [0.15, 0.2) is 42.0 Å². The molecule has 0 bridgehead atoms. The number of hydrogen-bond acceptors (Lipinski definition) is 10. The zero-order valence-corrected chi connectivity index (χ0v) is 35.7. The van der Waals surface area contributed by atoms with Crippen LogP contribution in [0, 0.1) is 56.2 Å². The Bertz CT molecular complexity index is 1660. The number of hydrogen-bond donors (Lipinski definition) is 7. The molecule has 0 unspecified atom stereocenters. The minimum absolute atomic E-state index is 0.0134. The molecular formula is C47H72O11. The molecule has 1 aliphatic heterocycles. The Morgan fingerprint density at radius 2 is 1.62 bits per heavy atom. The number of fused-ring (bicyclic) bond motifs is 7. The van der Waals surface area contributed by atoms with Gasteiger partial charge >= 0.3 is 5.97 Å². The van der Waals surface area contributed by atoms with Crippen LogP contribution >= 0.6 is 0 Å². The molecule has 0 spiro atoms. The van der Waals surface area contributed by atoms with E-state index in [1.54, 1.807) is 0 Å². The fourth-order valence-corrected chi connectivity index (χ4v) is 14.5. The fraction of sp³-hybridized carbons (Fsp3) is 0.809. The first-order valence-electron chi connectivity index (χ1n) is 22.2. The molecule has 58 heavy (non-hydrogen) atoms. The number of unbranched alkanes of at least 4 members (excludes halogenated alkanes) is 2. The Balaban J connectivity index is 1.32. The molecule has 5 fully saturated rings. The Hall–Kier alpha value is -1.93. The monoisotopic (exact) mass is 813 g/mol. The van der Waals surface area contributed by atoms with Crippen molar-refractivity contribution >= 4 is 5.97 Å². The van der Waals surface area contributed by atoms with E-state index >= 15 is 0 Å². The van der Waals surface area contributed by atoms with Crippen molar-refractivity contribution in [1.29, 1.82) is 0 Å². The van der Waals surface area contributed by atoms with Crippen LogP contribution in [0.1, 0.15) is 118 Å². The highest BCUT2D eigenvalue weighted by Gasteiger charge is 2.74. The highest BCUT2D eigenvalue weighted by Crippen LogP contribution is 2.77. The molecule has 1 aromatic carbocycles. The minimum atomic E-state index is -1.49. The second-order valence-corrected chi connectivity index (χ2v) is 20.9. The van der Waals surface area contributed by atoms with Crippen molar-refractivity contribution in [3.63, 3.8) is 0 Å². The number of carboxylic acid groups (broad SMARTS) is 1. The van der Waals surface area contributed by atoms with Crippen LogP contribution < -0.4 is 0 Å². The SMILES string of the molecule is CCCCC[C@@H]1C[C@]2(C(=O)O)[C@@H](O)C[C@](C)(CO)C[C@H]2C2=CC[C@H]3[C@@]4(C)C[C@@H](OCc5ccccc5)[C@@H](O[C@H]5OC[C@@H](O)[C@H](O)[C@H]5O)[C@@](C)(CO)[C@@H]4CC[C@@]3(C)[C@@]21C. The molecule has 1 saturated heterocycles. The van der Waals surface area contributed by atoms with E-state index in [9.17, 15) is 40.5 Å². The average Bonchev–Trinajstić information content (AvgIpc) is 3.19. The quantitative estimate of drug-likeness (QED) is 0.0790. The summed E-state index contributed by atoms with van der Waals surface area (Å²) in [6.45, 7) is 13.2. The molecule has 11 nitrogen and oxygen atoms in total. The van der Waals surface area contributed by atoms with E-state index in [4.69, 9.17) is 14.2 Å². The molecule has 326 valence electrons. The third-order valence-electron chi connectivity index (χ3n) is 17.8. The van der Waals surface area contributed by atoms with Gasteiger partial charge in [-0.1, -0.05) is 103 Å². The summed E-state index contributed by atoms with van der Waals surface area (Å²) in [6.07, 6.45) is 2.63. The molecule has 0 aromatic heterocycles. The number of aliphatic carboxylic acids is 1. The normalized spacial score (nSPS) is 48.8. The summed E-state index contributed by atoms with van der Waals surface area (Å²) in [5.41, 5.74) is -1.68. The number of carboxylic acids is 1. The molecule has 11 heteroatoms. The number of ether oxygens (including phenoxy) is 3. The maximum absolute atomic E-state index is 13.7. The van der Waals surface area contributed by atoms with Crippen LogP contribution in [-0.2, 0) is 25.6 Å². The molecule has 4 saturated carbocycles. The van der Waals surface area contributed by atoms with Crippen LogP contribution in [0.2, 0.25) is 0 Å².